The highest BCUT2D eigenvalue weighted by molar-refractivity contribution is 7.46. The Balaban J connectivity index is 0. The van der Waals surface area contributed by atoms with Crippen LogP contribution in [0.4, 0.5) is 0 Å². The molecule has 1 amide bonds. The molecule has 9 heteroatoms. The number of nitrogens with two attached hydrogens (primary N) is 1. The fraction of sp³-hybridized carbons (Fsp3) is 0. The molecule has 0 aliphatic heterocycles. The summed E-state index contributed by atoms with van der Waals surface area (Å²) >= 11 is 0. The third kappa shape index (κ3) is 22.8. The van der Waals surface area contributed by atoms with Crippen LogP contribution < -0.4 is 5.73 Å². The molecule has 0 spiro atoms. The van der Waals surface area contributed by atoms with Crippen LogP contribution in [0.2, 0.25) is 0 Å². The van der Waals surface area contributed by atoms with E-state index >= 15 is 0 Å². The monoisotopic (exact) mass is 215 g/mol. The van der Waals surface area contributed by atoms with E-state index in [2.05, 4.69) is 16.6 Å². The molecule has 68 valence electrons. The first-order valence-corrected chi connectivity index (χ1v) is 4.58. The van der Waals surface area contributed by atoms with Crippen molar-refractivity contribution >= 4 is 22.4 Å². The van der Waals surface area contributed by atoms with Gasteiger partial charge in [0.2, 0.25) is 5.91 Å². The van der Waals surface area contributed by atoms with Gasteiger partial charge >= 0.3 is 16.5 Å². The Morgan fingerprint density at radius 2 is 1.67 bits per heavy atom. The normalized spacial score (nSPS) is 10.5. The quantitative estimate of drug-likeness (QED) is 0.447. The maximum atomic E-state index is 9.47. The molecule has 12 heavy (non-hydrogen) atoms. The van der Waals surface area contributed by atoms with Gasteiger partial charge in [-0.3, -0.25) is 4.79 Å². The lowest BCUT2D eigenvalue weighted by Crippen LogP contribution is -2.04. The third-order valence-corrected chi connectivity index (χ3v) is 1.46. The number of amides is 1. The summed E-state index contributed by atoms with van der Waals surface area (Å²) in [4.78, 5) is 24.8. The molecule has 0 aromatic rings. The zero-order valence-corrected chi connectivity index (χ0v) is 7.57. The highest BCUT2D eigenvalue weighted by Crippen LogP contribution is 2.30. The molecular formula is C3H7NO6P2+2. The van der Waals surface area contributed by atoms with Crippen LogP contribution in [-0.2, 0) is 18.2 Å². The van der Waals surface area contributed by atoms with Crippen molar-refractivity contribution in [3.63, 3.8) is 0 Å². The summed E-state index contributed by atoms with van der Waals surface area (Å²) in [6, 6.07) is 0. The Bertz CT molecular complexity index is 191. The Morgan fingerprint density at radius 3 is 1.67 bits per heavy atom. The Morgan fingerprint density at radius 1 is 1.42 bits per heavy atom. The molecular weight excluding hydrogens is 208 g/mol. The minimum absolute atomic E-state index is 0.481. The van der Waals surface area contributed by atoms with Crippen LogP contribution in [0.25, 0.3) is 0 Å². The first-order valence-electron chi connectivity index (χ1n) is 2.32. The van der Waals surface area contributed by atoms with E-state index in [9.17, 15) is 13.9 Å². The lowest BCUT2D eigenvalue weighted by molar-refractivity contribution is -0.113. The summed E-state index contributed by atoms with van der Waals surface area (Å²) in [5, 5.41) is 0. The Labute approximate surface area is 69.7 Å². The zero-order chi connectivity index (χ0) is 10.1. The Hall–Kier alpha value is -0.710. The van der Waals surface area contributed by atoms with E-state index in [1.807, 2.05) is 0 Å². The van der Waals surface area contributed by atoms with Gasteiger partial charge < -0.3 is 5.73 Å². The molecule has 0 aliphatic carbocycles. The van der Waals surface area contributed by atoms with Crippen LogP contribution in [0.1, 0.15) is 0 Å². The maximum Gasteiger partial charge on any atom is 0.745 e. The van der Waals surface area contributed by atoms with Gasteiger partial charge in [-0.05, 0) is 6.08 Å². The van der Waals surface area contributed by atoms with Gasteiger partial charge in [-0.1, -0.05) is 6.58 Å². The molecule has 0 aromatic heterocycles. The molecule has 2 atom stereocenters. The lowest BCUT2D eigenvalue weighted by atomic mass is 10.6. The maximum absolute atomic E-state index is 9.47. The summed E-state index contributed by atoms with van der Waals surface area (Å²) in [7, 11) is -5.85. The number of primary amides is 1. The van der Waals surface area contributed by atoms with Gasteiger partial charge in [0, 0.05) is 9.13 Å². The van der Waals surface area contributed by atoms with E-state index in [1.54, 1.807) is 0 Å². The van der Waals surface area contributed by atoms with Crippen molar-refractivity contribution in [3.05, 3.63) is 12.7 Å². The Kier molecular flexibility index (Phi) is 9.68. The minimum Gasteiger partial charge on any atom is -0.366 e. The molecule has 0 saturated carbocycles. The second-order valence-corrected chi connectivity index (χ2v) is 2.77. The molecule has 0 heterocycles. The number of carbonyl (C=O) groups excluding carboxylic acids is 1. The predicted octanol–water partition coefficient (Wildman–Crippen LogP) is -0.0399. The fourth-order valence-electron chi connectivity index (χ4n) is 0.0598. The number of hydrogen-bond acceptors (Lipinski definition) is 4. The predicted molar refractivity (Wildman–Crippen MR) is 40.1 cm³/mol. The van der Waals surface area contributed by atoms with Crippen molar-refractivity contribution in [3.8, 4) is 0 Å². The van der Waals surface area contributed by atoms with Crippen molar-refractivity contribution < 1.29 is 28.0 Å². The van der Waals surface area contributed by atoms with Crippen LogP contribution >= 0.6 is 16.5 Å². The molecule has 0 aliphatic rings. The van der Waals surface area contributed by atoms with Crippen molar-refractivity contribution in [1.29, 1.82) is 0 Å². The van der Waals surface area contributed by atoms with Gasteiger partial charge in [0.1, 0.15) is 0 Å². The standard InChI is InChI=1S/C3H5NO.O5P2/c1-2-3(4)5;1-6(2)5-7(3)4/h2H,1H2,(H2,4,5);/p+2. The molecule has 4 N–H and O–H groups in total. The van der Waals surface area contributed by atoms with Gasteiger partial charge in [0.15, 0.2) is 4.31 Å². The molecule has 2 unspecified atom stereocenters. The van der Waals surface area contributed by atoms with Crippen LogP contribution in [-0.4, -0.2) is 15.7 Å². The van der Waals surface area contributed by atoms with E-state index in [4.69, 9.17) is 9.79 Å². The van der Waals surface area contributed by atoms with Crippen LogP contribution in [0, 0.1) is 0 Å². The molecule has 0 radical (unpaired) electrons. The molecule has 0 aromatic carbocycles. The molecule has 0 fully saturated rings. The van der Waals surface area contributed by atoms with Crippen molar-refractivity contribution in [2.45, 2.75) is 0 Å². The average molecular weight is 215 g/mol. The van der Waals surface area contributed by atoms with Gasteiger partial charge in [-0.15, -0.1) is 9.79 Å². The van der Waals surface area contributed by atoms with E-state index in [1.165, 1.54) is 0 Å². The van der Waals surface area contributed by atoms with Crippen molar-refractivity contribution in [2.24, 2.45) is 5.73 Å². The van der Waals surface area contributed by atoms with Crippen LogP contribution in [0.3, 0.4) is 0 Å². The topological polar surface area (TPSA) is 127 Å². The first-order chi connectivity index (χ1) is 5.40. The average Bonchev–Trinajstić information content (AvgIpc) is 1.85. The van der Waals surface area contributed by atoms with E-state index in [0.717, 1.165) is 6.08 Å². The number of carbonyl (C=O) groups is 1. The summed E-state index contributed by atoms with van der Waals surface area (Å²) in [5.74, 6) is -0.481. The second kappa shape index (κ2) is 8.39. The zero-order valence-electron chi connectivity index (χ0n) is 5.78. The van der Waals surface area contributed by atoms with Crippen LogP contribution in [0.5, 0.6) is 0 Å². The summed E-state index contributed by atoms with van der Waals surface area (Å²) in [6.45, 7) is 3.09. The largest absolute Gasteiger partial charge is 0.745 e. The fourth-order valence-corrected chi connectivity index (χ4v) is 0.538. The third-order valence-electron chi connectivity index (χ3n) is 0.341. The first kappa shape index (κ1) is 13.9. The number of hydrogen-bond donors (Lipinski definition) is 3. The SMILES string of the molecule is C=CC(N)=O.O=[P+](O)O[P+](=O)O. The van der Waals surface area contributed by atoms with E-state index < -0.39 is 22.4 Å². The summed E-state index contributed by atoms with van der Waals surface area (Å²) in [6.07, 6.45) is 1.06. The highest BCUT2D eigenvalue weighted by Gasteiger charge is 2.31. The molecule has 0 bridgehead atoms. The molecule has 0 saturated heterocycles. The molecule has 0 rings (SSSR count). The van der Waals surface area contributed by atoms with Gasteiger partial charge in [-0.25, -0.2) is 0 Å². The van der Waals surface area contributed by atoms with E-state index in [0.29, 0.717) is 0 Å². The van der Waals surface area contributed by atoms with Gasteiger partial charge in [-0.2, -0.15) is 0 Å². The summed E-state index contributed by atoms with van der Waals surface area (Å²) < 4.78 is 22.2. The van der Waals surface area contributed by atoms with Crippen LogP contribution in [0.15, 0.2) is 12.7 Å². The summed E-state index contributed by atoms with van der Waals surface area (Å²) in [5.41, 5.74) is 4.53. The van der Waals surface area contributed by atoms with Crippen molar-refractivity contribution in [2.75, 3.05) is 0 Å². The molecule has 7 nitrogen and oxygen atoms in total. The second-order valence-electron chi connectivity index (χ2n) is 1.16. The minimum atomic E-state index is -2.92. The highest BCUT2D eigenvalue weighted by atomic mass is 31.2. The smallest absolute Gasteiger partial charge is 0.366 e. The van der Waals surface area contributed by atoms with Gasteiger partial charge in [0.25, 0.3) is 0 Å². The lowest BCUT2D eigenvalue weighted by Gasteiger charge is -1.65. The van der Waals surface area contributed by atoms with Gasteiger partial charge in [0.05, 0.1) is 0 Å². The number of rotatable bonds is 3. The van der Waals surface area contributed by atoms with E-state index in [-0.39, 0.29) is 0 Å². The van der Waals surface area contributed by atoms with Crippen molar-refractivity contribution in [1.82, 2.24) is 0 Å².